The molecule has 2 rings (SSSR count). The highest BCUT2D eigenvalue weighted by Crippen LogP contribution is 2.29. The van der Waals surface area contributed by atoms with Crippen molar-refractivity contribution in [3.63, 3.8) is 0 Å². The lowest BCUT2D eigenvalue weighted by atomic mass is 9.96. The molecule has 1 unspecified atom stereocenters. The Hall–Kier alpha value is -1.32. The fraction of sp³-hybridized carbons (Fsp3) is 0.733. The van der Waals surface area contributed by atoms with E-state index in [4.69, 9.17) is 4.98 Å². The largest absolute Gasteiger partial charge is 0.373 e. The third kappa shape index (κ3) is 2.99. The maximum atomic E-state index is 4.81. The van der Waals surface area contributed by atoms with E-state index < -0.39 is 0 Å². The van der Waals surface area contributed by atoms with Crippen LogP contribution in [0.5, 0.6) is 0 Å². The number of anilines is 2. The van der Waals surface area contributed by atoms with Crippen LogP contribution in [0.1, 0.15) is 52.8 Å². The van der Waals surface area contributed by atoms with Gasteiger partial charge in [0.25, 0.3) is 0 Å². The van der Waals surface area contributed by atoms with E-state index in [1.54, 1.807) is 0 Å². The molecule has 1 aromatic heterocycles. The molecular weight excluding hydrogens is 236 g/mol. The smallest absolute Gasteiger partial charge is 0.138 e. The van der Waals surface area contributed by atoms with Gasteiger partial charge < -0.3 is 10.2 Å². The van der Waals surface area contributed by atoms with Crippen LogP contribution < -0.4 is 10.2 Å². The first-order chi connectivity index (χ1) is 8.95. The van der Waals surface area contributed by atoms with Crippen LogP contribution in [0.25, 0.3) is 0 Å². The van der Waals surface area contributed by atoms with E-state index in [-0.39, 0.29) is 5.41 Å². The van der Waals surface area contributed by atoms with E-state index in [9.17, 15) is 0 Å². The highest BCUT2D eigenvalue weighted by molar-refractivity contribution is 5.51. The summed E-state index contributed by atoms with van der Waals surface area (Å²) in [5.74, 6) is 2.90. The summed E-state index contributed by atoms with van der Waals surface area (Å²) >= 11 is 0. The molecule has 2 heterocycles. The number of nitrogens with zero attached hydrogens (tertiary/aromatic N) is 3. The van der Waals surface area contributed by atoms with Crippen LogP contribution in [0, 0.1) is 0 Å². The van der Waals surface area contributed by atoms with Crippen LogP contribution in [-0.2, 0) is 5.41 Å². The summed E-state index contributed by atoms with van der Waals surface area (Å²) in [7, 11) is 1.92. The maximum absolute atomic E-state index is 4.81. The van der Waals surface area contributed by atoms with Crippen LogP contribution in [-0.4, -0.2) is 29.6 Å². The zero-order chi connectivity index (χ0) is 14.0. The first-order valence-electron chi connectivity index (χ1n) is 7.29. The summed E-state index contributed by atoms with van der Waals surface area (Å²) in [6.07, 6.45) is 3.73. The predicted octanol–water partition coefficient (Wildman–Crippen LogP) is 3.19. The van der Waals surface area contributed by atoms with Crippen LogP contribution in [0.15, 0.2) is 6.07 Å². The van der Waals surface area contributed by atoms with Gasteiger partial charge in [0, 0.05) is 31.1 Å². The molecule has 0 aromatic carbocycles. The minimum Gasteiger partial charge on any atom is -0.373 e. The number of hydrogen-bond acceptors (Lipinski definition) is 4. The fourth-order valence-electron chi connectivity index (χ4n) is 2.61. The van der Waals surface area contributed by atoms with Gasteiger partial charge in [-0.05, 0) is 19.3 Å². The minimum absolute atomic E-state index is 0.0248. The maximum Gasteiger partial charge on any atom is 0.138 e. The van der Waals surface area contributed by atoms with Gasteiger partial charge in [0.15, 0.2) is 0 Å². The summed E-state index contributed by atoms with van der Waals surface area (Å²) in [6, 6.07) is 2.70. The Bertz CT molecular complexity index is 436. The Morgan fingerprint density at radius 2 is 2.11 bits per heavy atom. The highest BCUT2D eigenvalue weighted by Gasteiger charge is 2.26. The molecule has 1 fully saturated rings. The summed E-state index contributed by atoms with van der Waals surface area (Å²) in [4.78, 5) is 11.8. The molecule has 0 spiro atoms. The first kappa shape index (κ1) is 14.1. The standard InChI is InChI=1S/C15H26N4/c1-6-11-8-7-9-19(11)13-10-12(16-5)17-14(18-13)15(2,3)4/h10-11H,6-9H2,1-5H3,(H,16,17,18). The number of nitrogens with one attached hydrogen (secondary N) is 1. The summed E-state index contributed by atoms with van der Waals surface area (Å²) < 4.78 is 0. The summed E-state index contributed by atoms with van der Waals surface area (Å²) in [5, 5.41) is 3.16. The Balaban J connectivity index is 2.39. The average Bonchev–Trinajstić information content (AvgIpc) is 2.85. The third-order valence-electron chi connectivity index (χ3n) is 3.78. The van der Waals surface area contributed by atoms with Crippen molar-refractivity contribution in [2.75, 3.05) is 23.8 Å². The molecule has 4 nitrogen and oxygen atoms in total. The normalized spacial score (nSPS) is 19.8. The summed E-state index contributed by atoms with van der Waals surface area (Å²) in [5.41, 5.74) is -0.0248. The van der Waals surface area contributed by atoms with Gasteiger partial charge >= 0.3 is 0 Å². The van der Waals surface area contributed by atoms with Gasteiger partial charge in [-0.3, -0.25) is 0 Å². The van der Waals surface area contributed by atoms with E-state index >= 15 is 0 Å². The van der Waals surface area contributed by atoms with Crippen molar-refractivity contribution in [2.45, 2.75) is 58.4 Å². The molecule has 1 N–H and O–H groups in total. The van der Waals surface area contributed by atoms with Crippen molar-refractivity contribution in [1.82, 2.24) is 9.97 Å². The van der Waals surface area contributed by atoms with Crippen LogP contribution in [0.4, 0.5) is 11.6 Å². The lowest BCUT2D eigenvalue weighted by molar-refractivity contribution is 0.543. The van der Waals surface area contributed by atoms with Gasteiger partial charge in [0.1, 0.15) is 17.5 Å². The Kier molecular flexibility index (Phi) is 3.97. The minimum atomic E-state index is -0.0248. The molecule has 106 valence electrons. The Morgan fingerprint density at radius 1 is 1.37 bits per heavy atom. The second-order valence-corrected chi connectivity index (χ2v) is 6.33. The molecule has 19 heavy (non-hydrogen) atoms. The van der Waals surface area contributed by atoms with E-state index in [1.165, 1.54) is 19.3 Å². The van der Waals surface area contributed by atoms with Crippen molar-refractivity contribution in [3.05, 3.63) is 11.9 Å². The molecule has 0 saturated carbocycles. The van der Waals surface area contributed by atoms with Gasteiger partial charge in [-0.1, -0.05) is 27.7 Å². The second-order valence-electron chi connectivity index (χ2n) is 6.33. The number of aromatic nitrogens is 2. The van der Waals surface area contributed by atoms with Gasteiger partial charge in [-0.25, -0.2) is 9.97 Å². The van der Waals surface area contributed by atoms with Gasteiger partial charge in [0.2, 0.25) is 0 Å². The first-order valence-corrected chi connectivity index (χ1v) is 7.29. The van der Waals surface area contributed by atoms with Crippen molar-refractivity contribution in [2.24, 2.45) is 0 Å². The number of hydrogen-bond donors (Lipinski definition) is 1. The van der Waals surface area contributed by atoms with Crippen molar-refractivity contribution in [3.8, 4) is 0 Å². The van der Waals surface area contributed by atoms with Crippen LogP contribution >= 0.6 is 0 Å². The SMILES string of the molecule is CCC1CCCN1c1cc(NC)nc(C(C)(C)C)n1. The molecule has 0 aliphatic carbocycles. The third-order valence-corrected chi connectivity index (χ3v) is 3.78. The molecule has 1 atom stereocenters. The zero-order valence-electron chi connectivity index (χ0n) is 12.8. The van der Waals surface area contributed by atoms with Crippen molar-refractivity contribution in [1.29, 1.82) is 0 Å². The van der Waals surface area contributed by atoms with Gasteiger partial charge in [-0.2, -0.15) is 0 Å². The fourth-order valence-corrected chi connectivity index (χ4v) is 2.61. The molecule has 4 heteroatoms. The highest BCUT2D eigenvalue weighted by atomic mass is 15.2. The van der Waals surface area contributed by atoms with Crippen LogP contribution in [0.2, 0.25) is 0 Å². The summed E-state index contributed by atoms with van der Waals surface area (Å²) in [6.45, 7) is 9.85. The average molecular weight is 262 g/mol. The molecule has 1 aromatic rings. The molecule has 1 saturated heterocycles. The quantitative estimate of drug-likeness (QED) is 0.908. The Labute approximate surface area is 116 Å². The molecule has 1 aliphatic heterocycles. The monoisotopic (exact) mass is 262 g/mol. The van der Waals surface area contributed by atoms with E-state index in [0.717, 1.165) is 24.0 Å². The van der Waals surface area contributed by atoms with E-state index in [0.29, 0.717) is 6.04 Å². The molecular formula is C15H26N4. The second kappa shape index (κ2) is 5.35. The van der Waals surface area contributed by atoms with Crippen molar-refractivity contribution >= 4 is 11.6 Å². The lowest BCUT2D eigenvalue weighted by Crippen LogP contribution is -2.30. The predicted molar refractivity (Wildman–Crippen MR) is 80.9 cm³/mol. The lowest BCUT2D eigenvalue weighted by Gasteiger charge is -2.27. The number of rotatable bonds is 3. The molecule has 0 radical (unpaired) electrons. The molecule has 0 amide bonds. The van der Waals surface area contributed by atoms with Gasteiger partial charge in [-0.15, -0.1) is 0 Å². The zero-order valence-corrected chi connectivity index (χ0v) is 12.8. The molecule has 1 aliphatic rings. The van der Waals surface area contributed by atoms with Gasteiger partial charge in [0.05, 0.1) is 0 Å². The topological polar surface area (TPSA) is 41.0 Å². The van der Waals surface area contributed by atoms with E-state index in [1.807, 2.05) is 7.05 Å². The van der Waals surface area contributed by atoms with E-state index in [2.05, 4.69) is 49.0 Å². The molecule has 0 bridgehead atoms. The Morgan fingerprint density at radius 3 is 2.68 bits per heavy atom. The van der Waals surface area contributed by atoms with Crippen molar-refractivity contribution < 1.29 is 0 Å². The van der Waals surface area contributed by atoms with Crippen LogP contribution in [0.3, 0.4) is 0 Å².